The molecule has 2 fully saturated rings. The molecule has 218 valence electrons. The number of anilines is 4. The van der Waals surface area contributed by atoms with E-state index in [1.807, 2.05) is 4.90 Å². The number of urea groups is 1. The van der Waals surface area contributed by atoms with Crippen molar-refractivity contribution in [3.63, 3.8) is 0 Å². The second-order valence-corrected chi connectivity index (χ2v) is 9.92. The Labute approximate surface area is 233 Å². The fraction of sp³-hybridized carbons (Fsp3) is 0.407. The zero-order chi connectivity index (χ0) is 29.0. The van der Waals surface area contributed by atoms with E-state index >= 15 is 0 Å². The Morgan fingerprint density at radius 2 is 1.68 bits per heavy atom. The molecule has 1 saturated heterocycles. The molecule has 0 radical (unpaired) electrons. The number of alkyl halides is 3. The number of oxazole rings is 1. The Morgan fingerprint density at radius 3 is 2.34 bits per heavy atom. The van der Waals surface area contributed by atoms with Crippen molar-refractivity contribution in [2.75, 3.05) is 47.0 Å². The van der Waals surface area contributed by atoms with Crippen molar-refractivity contribution >= 4 is 35.1 Å². The first-order valence-electron chi connectivity index (χ1n) is 13.3. The van der Waals surface area contributed by atoms with Crippen LogP contribution in [0.2, 0.25) is 0 Å². The zero-order valence-electron chi connectivity index (χ0n) is 22.0. The second kappa shape index (κ2) is 12.0. The van der Waals surface area contributed by atoms with E-state index in [1.165, 1.54) is 30.5 Å². The van der Waals surface area contributed by atoms with Crippen molar-refractivity contribution in [1.29, 1.82) is 0 Å². The molecule has 14 heteroatoms. The van der Waals surface area contributed by atoms with Crippen LogP contribution in [0, 0.1) is 5.82 Å². The molecule has 3 aromatic rings. The van der Waals surface area contributed by atoms with Crippen molar-refractivity contribution < 1.29 is 31.6 Å². The Morgan fingerprint density at radius 1 is 0.951 bits per heavy atom. The molecule has 1 aliphatic carbocycles. The van der Waals surface area contributed by atoms with Gasteiger partial charge in [0.1, 0.15) is 11.6 Å². The number of piperazine rings is 1. The van der Waals surface area contributed by atoms with Crippen LogP contribution in [-0.2, 0) is 6.18 Å². The highest BCUT2D eigenvalue weighted by Crippen LogP contribution is 2.34. The standard InChI is InChI=1S/C27H29F4N7O3/c28-19-8-4-5-9-20(19)35-26(40)38-14-12-37(13-15-38)21-11-10-18(16-32-21)33-24(39)22-23(27(29,30)31)36-25(41-22)34-17-6-2-1-3-7-17/h4-5,8-11,16-17H,1-3,6-7,12-15H2,(H,33,39)(H,34,36)(H,35,40). The molecule has 5 rings (SSSR count). The van der Waals surface area contributed by atoms with Gasteiger partial charge in [-0.15, -0.1) is 0 Å². The fourth-order valence-electron chi connectivity index (χ4n) is 4.88. The number of nitrogens with one attached hydrogen (secondary N) is 3. The first-order chi connectivity index (χ1) is 19.7. The number of pyridine rings is 1. The van der Waals surface area contributed by atoms with Crippen LogP contribution in [-0.4, -0.2) is 59.0 Å². The topological polar surface area (TPSA) is 116 Å². The summed E-state index contributed by atoms with van der Waals surface area (Å²) >= 11 is 0. The largest absolute Gasteiger partial charge is 0.437 e. The molecule has 41 heavy (non-hydrogen) atoms. The zero-order valence-corrected chi connectivity index (χ0v) is 22.0. The van der Waals surface area contributed by atoms with Crippen molar-refractivity contribution in [3.8, 4) is 0 Å². The number of halogens is 4. The van der Waals surface area contributed by atoms with Crippen LogP contribution < -0.4 is 20.9 Å². The fourth-order valence-corrected chi connectivity index (χ4v) is 4.88. The van der Waals surface area contributed by atoms with Gasteiger partial charge in [0, 0.05) is 32.2 Å². The molecular weight excluding hydrogens is 546 g/mol. The van der Waals surface area contributed by atoms with E-state index in [0.29, 0.717) is 32.0 Å². The quantitative estimate of drug-likeness (QED) is 0.329. The average molecular weight is 576 g/mol. The average Bonchev–Trinajstić information content (AvgIpc) is 3.40. The number of carbonyl (C=O) groups is 2. The number of rotatable bonds is 6. The Kier molecular flexibility index (Phi) is 8.26. The summed E-state index contributed by atoms with van der Waals surface area (Å²) in [4.78, 5) is 36.6. The van der Waals surface area contributed by atoms with Gasteiger partial charge < -0.3 is 30.2 Å². The summed E-state index contributed by atoms with van der Waals surface area (Å²) in [6, 6.07) is 8.24. The number of nitrogens with zero attached hydrogens (tertiary/aromatic N) is 4. The molecule has 10 nitrogen and oxygen atoms in total. The molecule has 1 saturated carbocycles. The third kappa shape index (κ3) is 6.87. The second-order valence-electron chi connectivity index (χ2n) is 9.92. The number of amides is 3. The summed E-state index contributed by atoms with van der Waals surface area (Å²) in [5, 5.41) is 7.83. The van der Waals surface area contributed by atoms with Crippen molar-refractivity contribution in [2.45, 2.75) is 44.3 Å². The van der Waals surface area contributed by atoms with Gasteiger partial charge in [0.25, 0.3) is 11.9 Å². The Balaban J connectivity index is 1.18. The number of hydrogen-bond donors (Lipinski definition) is 3. The molecule has 3 amide bonds. The smallest absolute Gasteiger partial charge is 0.418 e. The van der Waals surface area contributed by atoms with E-state index < -0.39 is 35.4 Å². The van der Waals surface area contributed by atoms with Crippen LogP contribution in [0.5, 0.6) is 0 Å². The maximum Gasteiger partial charge on any atom is 0.437 e. The summed E-state index contributed by atoms with van der Waals surface area (Å²) in [5.41, 5.74) is -1.12. The highest BCUT2D eigenvalue weighted by Gasteiger charge is 2.41. The highest BCUT2D eigenvalue weighted by atomic mass is 19.4. The number of para-hydroxylation sites is 1. The molecule has 0 bridgehead atoms. The van der Waals surface area contributed by atoms with E-state index in [4.69, 9.17) is 4.42 Å². The molecular formula is C27H29F4N7O3. The van der Waals surface area contributed by atoms with Crippen LogP contribution in [0.1, 0.15) is 48.4 Å². The number of hydrogen-bond acceptors (Lipinski definition) is 7. The molecule has 1 aliphatic heterocycles. The van der Waals surface area contributed by atoms with Gasteiger partial charge in [0.05, 0.1) is 17.6 Å². The third-order valence-electron chi connectivity index (χ3n) is 7.05. The maximum absolute atomic E-state index is 13.8. The van der Waals surface area contributed by atoms with E-state index in [9.17, 15) is 27.2 Å². The van der Waals surface area contributed by atoms with Crippen molar-refractivity contribution in [1.82, 2.24) is 14.9 Å². The highest BCUT2D eigenvalue weighted by molar-refractivity contribution is 6.03. The van der Waals surface area contributed by atoms with Gasteiger partial charge in [-0.3, -0.25) is 4.79 Å². The summed E-state index contributed by atoms with van der Waals surface area (Å²) in [7, 11) is 0. The van der Waals surface area contributed by atoms with Gasteiger partial charge in [-0.1, -0.05) is 31.4 Å². The van der Waals surface area contributed by atoms with Crippen molar-refractivity contribution in [2.24, 2.45) is 0 Å². The van der Waals surface area contributed by atoms with Gasteiger partial charge in [0.15, 0.2) is 5.69 Å². The molecule has 0 unspecified atom stereocenters. The summed E-state index contributed by atoms with van der Waals surface area (Å²) in [5.74, 6) is -1.98. The van der Waals surface area contributed by atoms with Crippen LogP contribution in [0.4, 0.5) is 45.6 Å². The van der Waals surface area contributed by atoms with E-state index in [2.05, 4.69) is 25.9 Å². The van der Waals surface area contributed by atoms with Crippen LogP contribution >= 0.6 is 0 Å². The summed E-state index contributed by atoms with van der Waals surface area (Å²) in [6.07, 6.45) is 1.03. The van der Waals surface area contributed by atoms with Gasteiger partial charge in [0.2, 0.25) is 5.76 Å². The minimum absolute atomic E-state index is 0.0563. The minimum Gasteiger partial charge on any atom is -0.418 e. The lowest BCUT2D eigenvalue weighted by Gasteiger charge is -2.35. The Hall–Kier alpha value is -4.36. The number of carbonyl (C=O) groups excluding carboxylic acids is 2. The lowest BCUT2D eigenvalue weighted by molar-refractivity contribution is -0.141. The van der Waals surface area contributed by atoms with Crippen LogP contribution in [0.15, 0.2) is 47.0 Å². The van der Waals surface area contributed by atoms with Gasteiger partial charge in [-0.05, 0) is 37.1 Å². The Bertz CT molecular complexity index is 1370. The molecule has 3 N–H and O–H groups in total. The van der Waals surface area contributed by atoms with Crippen LogP contribution in [0.25, 0.3) is 0 Å². The molecule has 2 aliphatic rings. The summed E-state index contributed by atoms with van der Waals surface area (Å²) in [6.45, 7) is 1.63. The molecule has 0 spiro atoms. The van der Waals surface area contributed by atoms with Gasteiger partial charge in [-0.25, -0.2) is 14.2 Å². The monoisotopic (exact) mass is 575 g/mol. The van der Waals surface area contributed by atoms with E-state index in [0.717, 1.165) is 32.1 Å². The first-order valence-corrected chi connectivity index (χ1v) is 13.3. The number of benzene rings is 1. The van der Waals surface area contributed by atoms with Gasteiger partial charge in [-0.2, -0.15) is 18.2 Å². The first kappa shape index (κ1) is 28.2. The predicted molar refractivity (Wildman–Crippen MR) is 143 cm³/mol. The molecule has 2 aromatic heterocycles. The molecule has 1 aromatic carbocycles. The molecule has 0 atom stereocenters. The lowest BCUT2D eigenvalue weighted by Crippen LogP contribution is -2.50. The summed E-state index contributed by atoms with van der Waals surface area (Å²) < 4.78 is 59.9. The minimum atomic E-state index is -4.88. The SMILES string of the molecule is O=C(Nc1ccc(N2CCN(C(=O)Nc3ccccc3F)CC2)nc1)c1oc(NC2CCCCC2)nc1C(F)(F)F. The normalized spacial score (nSPS) is 16.4. The predicted octanol–water partition coefficient (Wildman–Crippen LogP) is 5.58. The van der Waals surface area contributed by atoms with E-state index in [-0.39, 0.29) is 23.4 Å². The maximum atomic E-state index is 13.8. The van der Waals surface area contributed by atoms with Crippen LogP contribution in [0.3, 0.4) is 0 Å². The van der Waals surface area contributed by atoms with Gasteiger partial charge >= 0.3 is 12.2 Å². The van der Waals surface area contributed by atoms with Crippen molar-refractivity contribution in [3.05, 3.63) is 59.9 Å². The third-order valence-corrected chi connectivity index (χ3v) is 7.05. The number of aromatic nitrogens is 2. The molecule has 3 heterocycles. The lowest BCUT2D eigenvalue weighted by atomic mass is 9.96. The van der Waals surface area contributed by atoms with E-state index in [1.54, 1.807) is 17.0 Å².